The molecule has 3 aromatic rings. The Kier molecular flexibility index (Phi) is 4.26. The molecule has 1 aromatic heterocycles. The normalized spacial score (nSPS) is 24.4. The average molecular weight is 414 g/mol. The number of benzene rings is 2. The topological polar surface area (TPSA) is 62.2 Å². The molecule has 1 saturated heterocycles. The summed E-state index contributed by atoms with van der Waals surface area (Å²) in [7, 11) is 0. The van der Waals surface area contributed by atoms with E-state index in [1.807, 2.05) is 18.6 Å². The number of amides is 2. The van der Waals surface area contributed by atoms with Crippen molar-refractivity contribution in [1.29, 1.82) is 0 Å². The van der Waals surface area contributed by atoms with Crippen LogP contribution in [0.3, 0.4) is 0 Å². The lowest BCUT2D eigenvalue weighted by atomic mass is 9.68. The van der Waals surface area contributed by atoms with Gasteiger partial charge in [0.05, 0.1) is 23.8 Å². The van der Waals surface area contributed by atoms with Gasteiger partial charge in [-0.15, -0.1) is 0 Å². The van der Waals surface area contributed by atoms with Crippen molar-refractivity contribution >= 4 is 11.7 Å². The third-order valence-electron chi connectivity index (χ3n) is 7.26. The molecule has 0 bridgehead atoms. The lowest BCUT2D eigenvalue weighted by Gasteiger charge is -2.47. The second-order valence-electron chi connectivity index (χ2n) is 9.05. The average Bonchev–Trinajstić information content (AvgIpc) is 3.36. The van der Waals surface area contributed by atoms with Crippen molar-refractivity contribution in [2.45, 2.75) is 43.3 Å². The summed E-state index contributed by atoms with van der Waals surface area (Å²) in [5, 5.41) is 6.42. The Hall–Kier alpha value is -3.28. The quantitative estimate of drug-likeness (QED) is 0.688. The third kappa shape index (κ3) is 3.00. The van der Waals surface area contributed by atoms with Crippen molar-refractivity contribution in [1.82, 2.24) is 20.2 Å². The number of rotatable bonds is 3. The zero-order valence-electron chi connectivity index (χ0n) is 17.5. The number of imidazole rings is 1. The molecular weight excluding hydrogens is 386 g/mol. The number of anilines is 1. The molecule has 1 aliphatic carbocycles. The van der Waals surface area contributed by atoms with Crippen LogP contribution in [0.15, 0.2) is 67.1 Å². The fourth-order valence-corrected chi connectivity index (χ4v) is 5.68. The lowest BCUT2D eigenvalue weighted by Crippen LogP contribution is -2.58. The van der Waals surface area contributed by atoms with Crippen LogP contribution in [0, 0.1) is 0 Å². The number of nitrogens with one attached hydrogen (secondary N) is 2. The van der Waals surface area contributed by atoms with Gasteiger partial charge in [0, 0.05) is 36.4 Å². The molecule has 3 aliphatic rings. The van der Waals surface area contributed by atoms with Crippen LogP contribution < -0.4 is 15.5 Å². The maximum absolute atomic E-state index is 12.7. The van der Waals surface area contributed by atoms with Crippen molar-refractivity contribution in [3.8, 4) is 11.3 Å². The highest BCUT2D eigenvalue weighted by Crippen LogP contribution is 2.54. The van der Waals surface area contributed by atoms with Gasteiger partial charge in [0.1, 0.15) is 0 Å². The Morgan fingerprint density at radius 1 is 0.935 bits per heavy atom. The Balaban J connectivity index is 1.04. The van der Waals surface area contributed by atoms with Crippen LogP contribution in [0.1, 0.15) is 31.2 Å². The predicted octanol–water partition coefficient (Wildman–Crippen LogP) is 3.74. The highest BCUT2D eigenvalue weighted by Gasteiger charge is 2.52. The molecule has 6 rings (SSSR count). The summed E-state index contributed by atoms with van der Waals surface area (Å²) in [4.78, 5) is 19.4. The van der Waals surface area contributed by atoms with E-state index in [2.05, 4.69) is 73.6 Å². The van der Waals surface area contributed by atoms with Gasteiger partial charge in [0.2, 0.25) is 0 Å². The van der Waals surface area contributed by atoms with Crippen LogP contribution in [0.5, 0.6) is 0 Å². The highest BCUT2D eigenvalue weighted by atomic mass is 16.2. The van der Waals surface area contributed by atoms with E-state index >= 15 is 0 Å². The minimum Gasteiger partial charge on any atom is -0.371 e. The second kappa shape index (κ2) is 7.15. The van der Waals surface area contributed by atoms with E-state index in [0.717, 1.165) is 38.8 Å². The van der Waals surface area contributed by atoms with Crippen molar-refractivity contribution in [2.75, 3.05) is 18.0 Å². The van der Waals surface area contributed by atoms with Crippen molar-refractivity contribution in [3.05, 3.63) is 72.7 Å². The highest BCUT2D eigenvalue weighted by molar-refractivity contribution is 5.76. The third-order valence-corrected chi connectivity index (χ3v) is 7.26. The van der Waals surface area contributed by atoms with Crippen LogP contribution in [-0.2, 0) is 5.54 Å². The molecule has 2 amide bonds. The number of piperidine rings is 1. The molecule has 1 saturated carbocycles. The fourth-order valence-electron chi connectivity index (χ4n) is 5.68. The maximum atomic E-state index is 12.7. The summed E-state index contributed by atoms with van der Waals surface area (Å²) in [5.74, 6) is 0. The SMILES string of the molecule is O=C(NC1CCN(c2ccccc2)CC1)NC1CC2(C1)c1ccccc1-c1cncn12. The van der Waals surface area contributed by atoms with E-state index < -0.39 is 0 Å². The van der Waals surface area contributed by atoms with Gasteiger partial charge in [-0.1, -0.05) is 42.5 Å². The Morgan fingerprint density at radius 2 is 1.65 bits per heavy atom. The Morgan fingerprint density at radius 3 is 2.45 bits per heavy atom. The first-order chi connectivity index (χ1) is 15.2. The van der Waals surface area contributed by atoms with E-state index in [1.165, 1.54) is 22.5 Å². The van der Waals surface area contributed by atoms with Crippen molar-refractivity contribution < 1.29 is 4.79 Å². The molecule has 0 atom stereocenters. The molecule has 1 spiro atoms. The molecule has 0 unspecified atom stereocenters. The van der Waals surface area contributed by atoms with Crippen LogP contribution in [0.4, 0.5) is 10.5 Å². The van der Waals surface area contributed by atoms with Gasteiger partial charge in [-0.05, 0) is 43.4 Å². The molecule has 6 nitrogen and oxygen atoms in total. The molecule has 0 radical (unpaired) electrons. The standard InChI is InChI=1S/C25H27N5O/c31-24(27-18-10-12-29(13-11-18)20-6-2-1-3-7-20)28-19-14-25(15-19)22-9-5-4-8-21(22)23-16-26-17-30(23)25/h1-9,16-19H,10-15H2,(H2,27,28,31). The number of nitrogens with zero attached hydrogens (tertiary/aromatic N) is 3. The molecule has 6 heteroatoms. The van der Waals surface area contributed by atoms with Gasteiger partial charge < -0.3 is 20.1 Å². The Bertz CT molecular complexity index is 1090. The summed E-state index contributed by atoms with van der Waals surface area (Å²) in [6.45, 7) is 1.95. The van der Waals surface area contributed by atoms with Gasteiger partial charge in [-0.2, -0.15) is 0 Å². The van der Waals surface area contributed by atoms with Gasteiger partial charge >= 0.3 is 6.03 Å². The maximum Gasteiger partial charge on any atom is 0.315 e. The van der Waals surface area contributed by atoms with Gasteiger partial charge in [0.15, 0.2) is 0 Å². The molecule has 31 heavy (non-hydrogen) atoms. The summed E-state index contributed by atoms with van der Waals surface area (Å²) in [6, 6.07) is 19.5. The monoisotopic (exact) mass is 413 g/mol. The first-order valence-electron chi connectivity index (χ1n) is 11.2. The number of para-hydroxylation sites is 1. The van der Waals surface area contributed by atoms with Crippen molar-refractivity contribution in [3.63, 3.8) is 0 Å². The van der Waals surface area contributed by atoms with Crippen LogP contribution in [0.25, 0.3) is 11.3 Å². The minimum absolute atomic E-state index is 0.0323. The minimum atomic E-state index is -0.0542. The molecule has 2 aromatic carbocycles. The second-order valence-corrected chi connectivity index (χ2v) is 9.05. The van der Waals surface area contributed by atoms with E-state index in [9.17, 15) is 4.79 Å². The number of carbonyl (C=O) groups excluding carboxylic acids is 1. The van der Waals surface area contributed by atoms with Gasteiger partial charge in [-0.25, -0.2) is 9.78 Å². The number of hydrogen-bond acceptors (Lipinski definition) is 3. The van der Waals surface area contributed by atoms with E-state index in [1.54, 1.807) is 0 Å². The summed E-state index contributed by atoms with van der Waals surface area (Å²) < 4.78 is 2.30. The largest absolute Gasteiger partial charge is 0.371 e. The van der Waals surface area contributed by atoms with E-state index in [0.29, 0.717) is 0 Å². The molecule has 3 heterocycles. The first-order valence-corrected chi connectivity index (χ1v) is 11.2. The van der Waals surface area contributed by atoms with Crippen LogP contribution in [0.2, 0.25) is 0 Å². The zero-order chi connectivity index (χ0) is 20.8. The molecule has 158 valence electrons. The smallest absolute Gasteiger partial charge is 0.315 e. The number of aromatic nitrogens is 2. The number of fused-ring (bicyclic) bond motifs is 5. The van der Waals surface area contributed by atoms with E-state index in [4.69, 9.17) is 0 Å². The fraction of sp³-hybridized carbons (Fsp3) is 0.360. The van der Waals surface area contributed by atoms with Crippen molar-refractivity contribution in [2.24, 2.45) is 0 Å². The van der Waals surface area contributed by atoms with Crippen LogP contribution in [-0.4, -0.2) is 40.8 Å². The number of carbonyl (C=O) groups is 1. The van der Waals surface area contributed by atoms with Gasteiger partial charge in [-0.3, -0.25) is 0 Å². The van der Waals surface area contributed by atoms with Crippen LogP contribution >= 0.6 is 0 Å². The molecule has 2 fully saturated rings. The molecule has 2 aliphatic heterocycles. The Labute approximate surface area is 182 Å². The zero-order valence-corrected chi connectivity index (χ0v) is 17.5. The summed E-state index contributed by atoms with van der Waals surface area (Å²) >= 11 is 0. The summed E-state index contributed by atoms with van der Waals surface area (Å²) in [5.41, 5.74) is 5.03. The lowest BCUT2D eigenvalue weighted by molar-refractivity contribution is 0.145. The molecular formula is C25H27N5O. The van der Waals surface area contributed by atoms with Gasteiger partial charge in [0.25, 0.3) is 0 Å². The first kappa shape index (κ1) is 18.5. The summed E-state index contributed by atoms with van der Waals surface area (Å²) in [6.07, 6.45) is 7.65. The molecule has 2 N–H and O–H groups in total. The predicted molar refractivity (Wildman–Crippen MR) is 121 cm³/mol. The number of urea groups is 1. The number of hydrogen-bond donors (Lipinski definition) is 2. The van der Waals surface area contributed by atoms with E-state index in [-0.39, 0.29) is 23.7 Å².